The number of carbonyl (C=O) groups is 1. The number of nitrogens with zero attached hydrogens (tertiary/aromatic N) is 4. The van der Waals surface area contributed by atoms with Gasteiger partial charge in [0.25, 0.3) is 5.91 Å². The van der Waals surface area contributed by atoms with Crippen molar-refractivity contribution < 1.29 is 4.79 Å². The molecule has 1 aromatic heterocycles. The molecule has 0 saturated heterocycles. The van der Waals surface area contributed by atoms with Gasteiger partial charge in [0.05, 0.1) is 25.0 Å². The summed E-state index contributed by atoms with van der Waals surface area (Å²) < 4.78 is 0. The van der Waals surface area contributed by atoms with Crippen molar-refractivity contribution in [1.29, 1.82) is 0 Å². The average molecular weight is 301 g/mol. The number of aromatic nitrogens is 3. The zero-order chi connectivity index (χ0) is 16.1. The molecule has 6 heteroatoms. The molecular weight excluding hydrogens is 278 g/mol. The van der Waals surface area contributed by atoms with Crippen LogP contribution in [0.3, 0.4) is 0 Å². The molecule has 0 radical (unpaired) electrons. The zero-order valence-electron chi connectivity index (χ0n) is 13.5. The van der Waals surface area contributed by atoms with Crippen LogP contribution in [-0.2, 0) is 6.54 Å². The number of carbonyl (C=O) groups excluding carboxylic acids is 1. The van der Waals surface area contributed by atoms with Gasteiger partial charge in [-0.1, -0.05) is 13.8 Å². The number of hydrogen-bond donors (Lipinski definition) is 1. The van der Waals surface area contributed by atoms with E-state index in [1.54, 1.807) is 17.2 Å². The van der Waals surface area contributed by atoms with Gasteiger partial charge in [0.2, 0.25) is 0 Å². The Morgan fingerprint density at radius 2 is 1.77 bits per heavy atom. The molecule has 1 heterocycles. The molecule has 0 bridgehead atoms. The van der Waals surface area contributed by atoms with Crippen molar-refractivity contribution in [1.82, 2.24) is 20.3 Å². The van der Waals surface area contributed by atoms with E-state index in [9.17, 15) is 4.79 Å². The Kier molecular flexibility index (Phi) is 5.14. The molecule has 0 aliphatic heterocycles. The number of hydrogen-bond acceptors (Lipinski definition) is 4. The predicted octanol–water partition coefficient (Wildman–Crippen LogP) is 1.80. The summed E-state index contributed by atoms with van der Waals surface area (Å²) in [5, 5.41) is 11.3. The van der Waals surface area contributed by atoms with Gasteiger partial charge in [-0.25, -0.2) is 0 Å². The van der Waals surface area contributed by atoms with Gasteiger partial charge in [-0.3, -0.25) is 4.79 Å². The molecule has 0 saturated carbocycles. The predicted molar refractivity (Wildman–Crippen MR) is 86.9 cm³/mol. The zero-order valence-corrected chi connectivity index (χ0v) is 13.5. The minimum absolute atomic E-state index is 0.0200. The molecule has 0 fully saturated rings. The maximum atomic E-state index is 12.4. The number of anilines is 1. The molecule has 118 valence electrons. The molecule has 6 nitrogen and oxygen atoms in total. The standard InChI is InChI=1S/C16H23N5O/c1-12(2)15(11-21-17-9-10-18-21)19-16(22)13-5-7-14(8-6-13)20(3)4/h5-10,12,15H,11H2,1-4H3,(H,19,22)/t15-/m0/s1. The van der Waals surface area contributed by atoms with Crippen LogP contribution in [0.2, 0.25) is 0 Å². The first kappa shape index (κ1) is 16.0. The summed E-state index contributed by atoms with van der Waals surface area (Å²) in [6.07, 6.45) is 3.28. The van der Waals surface area contributed by atoms with Gasteiger partial charge < -0.3 is 10.2 Å². The van der Waals surface area contributed by atoms with E-state index in [2.05, 4.69) is 29.4 Å². The lowest BCUT2D eigenvalue weighted by molar-refractivity contribution is 0.0918. The van der Waals surface area contributed by atoms with Crippen molar-refractivity contribution in [2.75, 3.05) is 19.0 Å². The molecule has 0 spiro atoms. The van der Waals surface area contributed by atoms with Crippen LogP contribution in [0.1, 0.15) is 24.2 Å². The fourth-order valence-corrected chi connectivity index (χ4v) is 2.10. The summed E-state index contributed by atoms with van der Waals surface area (Å²) in [6.45, 7) is 4.71. The van der Waals surface area contributed by atoms with Crippen LogP contribution >= 0.6 is 0 Å². The van der Waals surface area contributed by atoms with Gasteiger partial charge in [-0.15, -0.1) is 0 Å². The number of amides is 1. The third kappa shape index (κ3) is 4.07. The Bertz CT molecular complexity index is 590. The van der Waals surface area contributed by atoms with E-state index in [-0.39, 0.29) is 17.9 Å². The van der Waals surface area contributed by atoms with Gasteiger partial charge >= 0.3 is 0 Å². The lowest BCUT2D eigenvalue weighted by Crippen LogP contribution is -2.42. The molecule has 22 heavy (non-hydrogen) atoms. The SMILES string of the molecule is CC(C)[C@H](Cn1nccn1)NC(=O)c1ccc(N(C)C)cc1. The van der Waals surface area contributed by atoms with Gasteiger partial charge in [-0.05, 0) is 30.2 Å². The van der Waals surface area contributed by atoms with E-state index >= 15 is 0 Å². The topological polar surface area (TPSA) is 63.1 Å². The Labute approximate surface area is 131 Å². The highest BCUT2D eigenvalue weighted by Crippen LogP contribution is 2.13. The molecule has 1 aromatic carbocycles. The van der Waals surface area contributed by atoms with E-state index in [1.165, 1.54) is 0 Å². The van der Waals surface area contributed by atoms with Crippen molar-refractivity contribution in [2.45, 2.75) is 26.4 Å². The number of nitrogens with one attached hydrogen (secondary N) is 1. The van der Waals surface area contributed by atoms with Crippen LogP contribution in [0.5, 0.6) is 0 Å². The first-order valence-electron chi connectivity index (χ1n) is 7.39. The lowest BCUT2D eigenvalue weighted by Gasteiger charge is -2.22. The largest absolute Gasteiger partial charge is 0.378 e. The molecule has 1 atom stereocenters. The minimum atomic E-state index is -0.0730. The van der Waals surface area contributed by atoms with Crippen molar-refractivity contribution in [2.24, 2.45) is 5.92 Å². The van der Waals surface area contributed by atoms with Crippen molar-refractivity contribution >= 4 is 11.6 Å². The van der Waals surface area contributed by atoms with Gasteiger partial charge in [0.1, 0.15) is 0 Å². The fraction of sp³-hybridized carbons (Fsp3) is 0.438. The van der Waals surface area contributed by atoms with Crippen molar-refractivity contribution in [3.05, 3.63) is 42.2 Å². The highest BCUT2D eigenvalue weighted by atomic mass is 16.1. The second-order valence-electron chi connectivity index (χ2n) is 5.85. The van der Waals surface area contributed by atoms with Gasteiger partial charge in [0, 0.05) is 25.3 Å². The monoisotopic (exact) mass is 301 g/mol. The Hall–Kier alpha value is -2.37. The maximum absolute atomic E-state index is 12.4. The van der Waals surface area contributed by atoms with Crippen LogP contribution in [0.25, 0.3) is 0 Å². The van der Waals surface area contributed by atoms with E-state index in [4.69, 9.17) is 0 Å². The molecule has 1 N–H and O–H groups in total. The number of rotatable bonds is 6. The minimum Gasteiger partial charge on any atom is -0.378 e. The summed E-state index contributed by atoms with van der Waals surface area (Å²) in [6, 6.07) is 7.54. The third-order valence-electron chi connectivity index (χ3n) is 3.59. The van der Waals surface area contributed by atoms with Crippen LogP contribution < -0.4 is 10.2 Å². The second kappa shape index (κ2) is 7.06. The summed E-state index contributed by atoms with van der Waals surface area (Å²) in [7, 11) is 3.95. The molecule has 0 aliphatic rings. The highest BCUT2D eigenvalue weighted by Gasteiger charge is 2.18. The van der Waals surface area contributed by atoms with E-state index in [0.29, 0.717) is 12.1 Å². The molecule has 2 aromatic rings. The third-order valence-corrected chi connectivity index (χ3v) is 3.59. The fourth-order valence-electron chi connectivity index (χ4n) is 2.10. The quantitative estimate of drug-likeness (QED) is 0.883. The Morgan fingerprint density at radius 1 is 1.18 bits per heavy atom. The first-order valence-corrected chi connectivity index (χ1v) is 7.39. The average Bonchev–Trinajstić information content (AvgIpc) is 2.99. The summed E-state index contributed by atoms with van der Waals surface area (Å²) in [5.41, 5.74) is 1.72. The maximum Gasteiger partial charge on any atom is 0.251 e. The Balaban J connectivity index is 2.04. The second-order valence-corrected chi connectivity index (χ2v) is 5.85. The van der Waals surface area contributed by atoms with Gasteiger partial charge in [0.15, 0.2) is 0 Å². The van der Waals surface area contributed by atoms with Crippen LogP contribution in [-0.4, -0.2) is 41.0 Å². The normalized spacial score (nSPS) is 12.2. The highest BCUT2D eigenvalue weighted by molar-refractivity contribution is 5.94. The van der Waals surface area contributed by atoms with Crippen molar-refractivity contribution in [3.8, 4) is 0 Å². The van der Waals surface area contributed by atoms with E-state index in [1.807, 2.05) is 43.3 Å². The van der Waals surface area contributed by atoms with E-state index < -0.39 is 0 Å². The molecule has 0 unspecified atom stereocenters. The molecule has 0 aliphatic carbocycles. The molecule has 1 amide bonds. The number of benzene rings is 1. The summed E-state index contributed by atoms with van der Waals surface area (Å²) in [5.74, 6) is 0.215. The smallest absolute Gasteiger partial charge is 0.251 e. The molecular formula is C16H23N5O. The summed E-state index contributed by atoms with van der Waals surface area (Å²) >= 11 is 0. The van der Waals surface area contributed by atoms with Crippen LogP contribution in [0.15, 0.2) is 36.7 Å². The van der Waals surface area contributed by atoms with Crippen molar-refractivity contribution in [3.63, 3.8) is 0 Å². The lowest BCUT2D eigenvalue weighted by atomic mass is 10.0. The first-order chi connectivity index (χ1) is 10.5. The van der Waals surface area contributed by atoms with E-state index in [0.717, 1.165) is 5.69 Å². The van der Waals surface area contributed by atoms with Gasteiger partial charge in [-0.2, -0.15) is 15.0 Å². The van der Waals surface area contributed by atoms with Crippen LogP contribution in [0, 0.1) is 5.92 Å². The molecule has 2 rings (SSSR count). The van der Waals surface area contributed by atoms with Crippen LogP contribution in [0.4, 0.5) is 5.69 Å². The Morgan fingerprint density at radius 3 is 2.27 bits per heavy atom. The summed E-state index contributed by atoms with van der Waals surface area (Å²) in [4.78, 5) is 16.0.